The fourth-order valence-corrected chi connectivity index (χ4v) is 1.94. The van der Waals surface area contributed by atoms with Gasteiger partial charge in [-0.1, -0.05) is 23.9 Å². The first-order valence-electron chi connectivity index (χ1n) is 5.78. The Morgan fingerprint density at radius 3 is 2.50 bits per heavy atom. The van der Waals surface area contributed by atoms with Crippen LogP contribution in [0.3, 0.4) is 0 Å². The number of amides is 2. The molecule has 110 valence electrons. The molecule has 0 saturated heterocycles. The Kier molecular flexibility index (Phi) is 6.96. The second-order valence-electron chi connectivity index (χ2n) is 3.70. The summed E-state index contributed by atoms with van der Waals surface area (Å²) >= 11 is 0.367. The van der Waals surface area contributed by atoms with Gasteiger partial charge >= 0.3 is 0 Å². The van der Waals surface area contributed by atoms with Gasteiger partial charge in [-0.25, -0.2) is 0 Å². The first-order valence-corrected chi connectivity index (χ1v) is 6.66. The van der Waals surface area contributed by atoms with E-state index in [-0.39, 0.29) is 19.0 Å². The van der Waals surface area contributed by atoms with Crippen LogP contribution in [0.2, 0.25) is 0 Å². The van der Waals surface area contributed by atoms with Crippen molar-refractivity contribution in [2.75, 3.05) is 25.5 Å². The predicted molar refractivity (Wildman–Crippen MR) is 73.9 cm³/mol. The third kappa shape index (κ3) is 5.98. The summed E-state index contributed by atoms with van der Waals surface area (Å²) in [6, 6.07) is 6.30. The number of rotatable bonds is 7. The van der Waals surface area contributed by atoms with Gasteiger partial charge < -0.3 is 10.6 Å². The molecule has 8 heteroatoms. The van der Waals surface area contributed by atoms with Gasteiger partial charge in [0.05, 0.1) is 18.8 Å². The molecular weight excluding hydrogens is 288 g/mol. The van der Waals surface area contributed by atoms with Crippen LogP contribution in [0, 0.1) is 0 Å². The molecule has 0 aromatic heterocycles. The monoisotopic (exact) mass is 303 g/mol. The van der Waals surface area contributed by atoms with E-state index in [1.807, 2.05) is 0 Å². The van der Waals surface area contributed by atoms with Gasteiger partial charge in [0.2, 0.25) is 11.8 Å². The maximum absolute atomic E-state index is 12.4. The number of likely N-dealkylation sites (N-methyl/N-ethyl adjacent to an activating group) is 1. The topological polar surface area (TPSA) is 70.2 Å². The highest BCUT2D eigenvalue weighted by atomic mass is 32.2. The number of alkyl halides is 2. The van der Waals surface area contributed by atoms with Gasteiger partial charge in [0, 0.05) is 11.9 Å². The highest BCUT2D eigenvalue weighted by Gasteiger charge is 2.11. The molecule has 20 heavy (non-hydrogen) atoms. The number of halogens is 2. The number of thioether (sulfide) groups is 1. The van der Waals surface area contributed by atoms with E-state index in [1.165, 1.54) is 13.1 Å². The van der Waals surface area contributed by atoms with Crippen LogP contribution in [0.25, 0.3) is 0 Å². The van der Waals surface area contributed by atoms with Crippen LogP contribution in [0.4, 0.5) is 14.5 Å². The van der Waals surface area contributed by atoms with Gasteiger partial charge in [0.25, 0.3) is 5.76 Å². The third-order valence-corrected chi connectivity index (χ3v) is 3.02. The van der Waals surface area contributed by atoms with Gasteiger partial charge in [-0.2, -0.15) is 8.78 Å². The van der Waals surface area contributed by atoms with Crippen LogP contribution in [0.5, 0.6) is 0 Å². The molecule has 1 aromatic carbocycles. The fourth-order valence-electron chi connectivity index (χ4n) is 1.34. The van der Waals surface area contributed by atoms with E-state index >= 15 is 0 Å². The fraction of sp³-hybridized carbons (Fsp3) is 0.333. The first-order chi connectivity index (χ1) is 9.52. The zero-order valence-electron chi connectivity index (χ0n) is 10.8. The van der Waals surface area contributed by atoms with Crippen LogP contribution in [-0.4, -0.2) is 37.7 Å². The number of hydrogen-bond donors (Lipinski definition) is 3. The Hall–Kier alpha value is -1.67. The molecule has 1 rings (SSSR count). The summed E-state index contributed by atoms with van der Waals surface area (Å²) in [6.45, 7) is -0.0710. The van der Waals surface area contributed by atoms with Gasteiger partial charge in [-0.05, 0) is 12.1 Å². The van der Waals surface area contributed by atoms with E-state index < -0.39 is 11.7 Å². The Bertz CT molecular complexity index is 472. The summed E-state index contributed by atoms with van der Waals surface area (Å²) in [7, 11) is 1.49. The van der Waals surface area contributed by atoms with E-state index in [2.05, 4.69) is 16.0 Å². The molecule has 0 spiro atoms. The lowest BCUT2D eigenvalue weighted by Gasteiger charge is -2.10. The minimum atomic E-state index is -2.56. The molecular formula is C12H15F2N3O2S. The summed E-state index contributed by atoms with van der Waals surface area (Å²) in [5, 5.41) is 7.56. The van der Waals surface area contributed by atoms with Crippen molar-refractivity contribution in [2.45, 2.75) is 10.7 Å². The van der Waals surface area contributed by atoms with Crippen LogP contribution in [-0.2, 0) is 9.59 Å². The average Bonchev–Trinajstić information content (AvgIpc) is 2.40. The van der Waals surface area contributed by atoms with Crippen molar-refractivity contribution in [2.24, 2.45) is 0 Å². The van der Waals surface area contributed by atoms with E-state index in [0.29, 0.717) is 22.3 Å². The second-order valence-corrected chi connectivity index (χ2v) is 4.73. The molecule has 0 aliphatic heterocycles. The van der Waals surface area contributed by atoms with Crippen molar-refractivity contribution >= 4 is 29.3 Å². The number of carbonyl (C=O) groups is 2. The lowest BCUT2D eigenvalue weighted by atomic mass is 10.3. The summed E-state index contributed by atoms with van der Waals surface area (Å²) in [6.07, 6.45) is 0. The van der Waals surface area contributed by atoms with Crippen molar-refractivity contribution in [3.63, 3.8) is 0 Å². The number of anilines is 1. The summed E-state index contributed by atoms with van der Waals surface area (Å²) < 4.78 is 24.7. The molecule has 0 heterocycles. The molecule has 0 fully saturated rings. The van der Waals surface area contributed by atoms with Gasteiger partial charge in [0.15, 0.2) is 0 Å². The van der Waals surface area contributed by atoms with Crippen molar-refractivity contribution in [1.82, 2.24) is 10.6 Å². The maximum Gasteiger partial charge on any atom is 0.288 e. The number of hydrogen-bond acceptors (Lipinski definition) is 4. The van der Waals surface area contributed by atoms with Crippen molar-refractivity contribution < 1.29 is 18.4 Å². The molecule has 5 nitrogen and oxygen atoms in total. The van der Waals surface area contributed by atoms with Crippen molar-refractivity contribution in [3.05, 3.63) is 24.3 Å². The molecule has 1 aromatic rings. The summed E-state index contributed by atoms with van der Waals surface area (Å²) in [5.74, 6) is -3.21. The molecule has 0 aliphatic rings. The Morgan fingerprint density at radius 1 is 1.20 bits per heavy atom. The lowest BCUT2D eigenvalue weighted by Crippen LogP contribution is -2.36. The summed E-state index contributed by atoms with van der Waals surface area (Å²) in [5.41, 5.74) is 0.324. The van der Waals surface area contributed by atoms with Gasteiger partial charge in [-0.15, -0.1) is 0 Å². The quantitative estimate of drug-likeness (QED) is 0.664. The van der Waals surface area contributed by atoms with Crippen molar-refractivity contribution in [1.29, 1.82) is 0 Å². The Morgan fingerprint density at radius 2 is 1.85 bits per heavy atom. The van der Waals surface area contributed by atoms with E-state index in [4.69, 9.17) is 0 Å². The molecule has 3 N–H and O–H groups in total. The van der Waals surface area contributed by atoms with Crippen LogP contribution >= 0.6 is 11.8 Å². The number of carbonyl (C=O) groups excluding carboxylic acids is 2. The SMILES string of the molecule is CNC(=O)CNCC(=O)Nc1ccccc1SC(F)F. The van der Waals surface area contributed by atoms with Crippen LogP contribution in [0.1, 0.15) is 0 Å². The highest BCUT2D eigenvalue weighted by Crippen LogP contribution is 2.31. The molecule has 2 amide bonds. The van der Waals surface area contributed by atoms with Gasteiger partial charge in [0.1, 0.15) is 0 Å². The summed E-state index contributed by atoms with van der Waals surface area (Å²) in [4.78, 5) is 22.8. The number of nitrogens with one attached hydrogen (secondary N) is 3. The second kappa shape index (κ2) is 8.49. The van der Waals surface area contributed by atoms with Crippen LogP contribution < -0.4 is 16.0 Å². The molecule has 0 bridgehead atoms. The minimum absolute atomic E-state index is 0.0113. The minimum Gasteiger partial charge on any atom is -0.358 e. The normalized spacial score (nSPS) is 10.4. The predicted octanol–water partition coefficient (Wildman–Crippen LogP) is 1.28. The van der Waals surface area contributed by atoms with E-state index in [9.17, 15) is 18.4 Å². The number of benzene rings is 1. The lowest BCUT2D eigenvalue weighted by molar-refractivity contribution is -0.120. The van der Waals surface area contributed by atoms with Crippen molar-refractivity contribution in [3.8, 4) is 0 Å². The van der Waals surface area contributed by atoms with Gasteiger partial charge in [-0.3, -0.25) is 14.9 Å². The average molecular weight is 303 g/mol. The maximum atomic E-state index is 12.4. The third-order valence-electron chi connectivity index (χ3n) is 2.23. The van der Waals surface area contributed by atoms with E-state index in [1.54, 1.807) is 18.2 Å². The smallest absolute Gasteiger partial charge is 0.288 e. The largest absolute Gasteiger partial charge is 0.358 e. The molecule has 0 radical (unpaired) electrons. The first kappa shape index (κ1) is 16.4. The number of para-hydroxylation sites is 1. The standard InChI is InChI=1S/C12H15F2N3O2S/c1-15-10(18)6-16-7-11(19)17-8-4-2-3-5-9(8)20-12(13)14/h2-5,12,16H,6-7H2,1H3,(H,15,18)(H,17,19). The van der Waals surface area contributed by atoms with E-state index in [0.717, 1.165) is 0 Å². The highest BCUT2D eigenvalue weighted by molar-refractivity contribution is 7.99. The Labute approximate surface area is 119 Å². The van der Waals surface area contributed by atoms with Crippen LogP contribution in [0.15, 0.2) is 29.2 Å². The zero-order valence-corrected chi connectivity index (χ0v) is 11.6. The molecule has 0 aliphatic carbocycles. The molecule has 0 atom stereocenters. The Balaban J connectivity index is 2.51. The molecule has 0 unspecified atom stereocenters. The molecule has 0 saturated carbocycles. The zero-order chi connectivity index (χ0) is 15.0.